The van der Waals surface area contributed by atoms with Crippen LogP contribution < -0.4 is 5.32 Å². The lowest BCUT2D eigenvalue weighted by atomic mass is 10.0. The third-order valence-electron chi connectivity index (χ3n) is 3.02. The van der Waals surface area contributed by atoms with Crippen LogP contribution in [0.5, 0.6) is 0 Å². The van der Waals surface area contributed by atoms with Crippen molar-refractivity contribution in [3.63, 3.8) is 0 Å². The lowest BCUT2D eigenvalue weighted by Gasteiger charge is -2.19. The molecule has 18 heavy (non-hydrogen) atoms. The normalized spacial score (nSPS) is 12.2. The van der Waals surface area contributed by atoms with E-state index in [1.54, 1.807) is 12.1 Å². The summed E-state index contributed by atoms with van der Waals surface area (Å²) < 4.78 is 13.2. The second-order valence-corrected chi connectivity index (χ2v) is 4.53. The molecule has 1 nitrogen and oxygen atoms in total. The Hall–Kier alpha value is -1.83. The molecule has 2 heteroatoms. The van der Waals surface area contributed by atoms with Crippen molar-refractivity contribution in [2.75, 3.05) is 5.32 Å². The quantitative estimate of drug-likeness (QED) is 0.821. The lowest BCUT2D eigenvalue weighted by molar-refractivity contribution is 0.621. The van der Waals surface area contributed by atoms with Gasteiger partial charge in [0.2, 0.25) is 0 Å². The summed E-state index contributed by atoms with van der Waals surface area (Å²) in [6.07, 6.45) is 0.914. The Bertz CT molecular complexity index is 522. The second kappa shape index (κ2) is 5.67. The first-order chi connectivity index (χ1) is 8.69. The van der Waals surface area contributed by atoms with Gasteiger partial charge in [-0.3, -0.25) is 0 Å². The van der Waals surface area contributed by atoms with Gasteiger partial charge in [0.1, 0.15) is 5.82 Å². The molecule has 1 N–H and O–H groups in total. The van der Waals surface area contributed by atoms with Crippen LogP contribution in [0.1, 0.15) is 30.5 Å². The molecule has 94 valence electrons. The van der Waals surface area contributed by atoms with Crippen molar-refractivity contribution in [1.82, 2.24) is 0 Å². The van der Waals surface area contributed by atoms with Gasteiger partial charge >= 0.3 is 0 Å². The number of anilines is 1. The Kier molecular flexibility index (Phi) is 3.98. The highest BCUT2D eigenvalue weighted by atomic mass is 19.1. The standard InChI is InChI=1S/C16H18FN/c1-3-16(13-7-5-8-14(17)11-13)18-15-9-4-6-12(2)10-15/h4-11,16,18H,3H2,1-2H3. The highest BCUT2D eigenvalue weighted by Crippen LogP contribution is 2.23. The summed E-state index contributed by atoms with van der Waals surface area (Å²) >= 11 is 0. The monoisotopic (exact) mass is 243 g/mol. The molecule has 0 saturated heterocycles. The number of rotatable bonds is 4. The Morgan fingerprint density at radius 3 is 2.56 bits per heavy atom. The van der Waals surface area contributed by atoms with E-state index in [1.165, 1.54) is 11.6 Å². The fourth-order valence-corrected chi connectivity index (χ4v) is 2.08. The van der Waals surface area contributed by atoms with Crippen molar-refractivity contribution in [3.8, 4) is 0 Å². The van der Waals surface area contributed by atoms with Gasteiger partial charge in [-0.15, -0.1) is 0 Å². The Morgan fingerprint density at radius 2 is 1.89 bits per heavy atom. The van der Waals surface area contributed by atoms with Crippen LogP contribution in [0.25, 0.3) is 0 Å². The van der Waals surface area contributed by atoms with Gasteiger partial charge in [0.15, 0.2) is 0 Å². The highest BCUT2D eigenvalue weighted by Gasteiger charge is 2.09. The van der Waals surface area contributed by atoms with E-state index < -0.39 is 0 Å². The van der Waals surface area contributed by atoms with Crippen molar-refractivity contribution >= 4 is 5.69 Å². The molecule has 0 aliphatic rings. The van der Waals surface area contributed by atoms with Gasteiger partial charge in [-0.25, -0.2) is 4.39 Å². The van der Waals surface area contributed by atoms with Gasteiger partial charge in [-0.1, -0.05) is 31.2 Å². The van der Waals surface area contributed by atoms with Gasteiger partial charge in [0.25, 0.3) is 0 Å². The number of halogens is 1. The van der Waals surface area contributed by atoms with Gasteiger partial charge in [-0.05, 0) is 48.7 Å². The predicted octanol–water partition coefficient (Wildman–Crippen LogP) is 4.70. The van der Waals surface area contributed by atoms with E-state index in [1.807, 2.05) is 18.2 Å². The first kappa shape index (κ1) is 12.6. The largest absolute Gasteiger partial charge is 0.378 e. The average molecular weight is 243 g/mol. The van der Waals surface area contributed by atoms with E-state index in [4.69, 9.17) is 0 Å². The van der Waals surface area contributed by atoms with Gasteiger partial charge in [0, 0.05) is 5.69 Å². The molecule has 0 saturated carbocycles. The number of benzene rings is 2. The number of nitrogens with one attached hydrogen (secondary N) is 1. The van der Waals surface area contributed by atoms with Crippen molar-refractivity contribution in [3.05, 3.63) is 65.5 Å². The minimum absolute atomic E-state index is 0.141. The van der Waals surface area contributed by atoms with E-state index in [0.717, 1.165) is 17.7 Å². The molecule has 2 aromatic carbocycles. The van der Waals surface area contributed by atoms with E-state index >= 15 is 0 Å². The first-order valence-corrected chi connectivity index (χ1v) is 6.27. The smallest absolute Gasteiger partial charge is 0.123 e. The zero-order valence-corrected chi connectivity index (χ0v) is 10.8. The maximum Gasteiger partial charge on any atom is 0.123 e. The van der Waals surface area contributed by atoms with Gasteiger partial charge in [0.05, 0.1) is 6.04 Å². The molecule has 0 heterocycles. The summed E-state index contributed by atoms with van der Waals surface area (Å²) in [6.45, 7) is 4.16. The first-order valence-electron chi connectivity index (χ1n) is 6.27. The number of hydrogen-bond acceptors (Lipinski definition) is 1. The highest BCUT2D eigenvalue weighted by molar-refractivity contribution is 5.47. The minimum Gasteiger partial charge on any atom is -0.378 e. The fourth-order valence-electron chi connectivity index (χ4n) is 2.08. The third kappa shape index (κ3) is 3.10. The molecule has 0 spiro atoms. The summed E-state index contributed by atoms with van der Waals surface area (Å²) in [5.74, 6) is -0.183. The maximum absolute atomic E-state index is 13.2. The van der Waals surface area contributed by atoms with Crippen molar-refractivity contribution in [2.45, 2.75) is 26.3 Å². The van der Waals surface area contributed by atoms with E-state index in [0.29, 0.717) is 0 Å². The van der Waals surface area contributed by atoms with Crippen LogP contribution in [0.3, 0.4) is 0 Å². The Labute approximate surface area is 108 Å². The number of hydrogen-bond donors (Lipinski definition) is 1. The predicted molar refractivity (Wildman–Crippen MR) is 74.2 cm³/mol. The summed E-state index contributed by atoms with van der Waals surface area (Å²) in [6, 6.07) is 15.1. The van der Waals surface area contributed by atoms with Gasteiger partial charge < -0.3 is 5.32 Å². The Morgan fingerprint density at radius 1 is 1.11 bits per heavy atom. The zero-order valence-electron chi connectivity index (χ0n) is 10.8. The molecular formula is C16H18FN. The minimum atomic E-state index is -0.183. The third-order valence-corrected chi connectivity index (χ3v) is 3.02. The SMILES string of the molecule is CCC(Nc1cccc(C)c1)c1cccc(F)c1. The summed E-state index contributed by atoms with van der Waals surface area (Å²) in [7, 11) is 0. The molecule has 0 aromatic heterocycles. The van der Waals surface area contributed by atoms with Crippen LogP contribution in [0.15, 0.2) is 48.5 Å². The zero-order chi connectivity index (χ0) is 13.0. The van der Waals surface area contributed by atoms with Crippen LogP contribution in [0, 0.1) is 12.7 Å². The van der Waals surface area contributed by atoms with Crippen molar-refractivity contribution < 1.29 is 4.39 Å². The fraction of sp³-hybridized carbons (Fsp3) is 0.250. The molecule has 2 rings (SSSR count). The summed E-state index contributed by atoms with van der Waals surface area (Å²) in [4.78, 5) is 0. The van der Waals surface area contributed by atoms with Crippen LogP contribution in [0.4, 0.5) is 10.1 Å². The van der Waals surface area contributed by atoms with E-state index in [2.05, 4.69) is 31.3 Å². The summed E-state index contributed by atoms with van der Waals surface area (Å²) in [5.41, 5.74) is 3.28. The van der Waals surface area contributed by atoms with Crippen molar-refractivity contribution in [2.24, 2.45) is 0 Å². The molecule has 0 fully saturated rings. The van der Waals surface area contributed by atoms with Gasteiger partial charge in [-0.2, -0.15) is 0 Å². The Balaban J connectivity index is 2.19. The van der Waals surface area contributed by atoms with Crippen LogP contribution in [-0.4, -0.2) is 0 Å². The lowest BCUT2D eigenvalue weighted by Crippen LogP contribution is -2.09. The van der Waals surface area contributed by atoms with E-state index in [-0.39, 0.29) is 11.9 Å². The van der Waals surface area contributed by atoms with E-state index in [9.17, 15) is 4.39 Å². The number of aryl methyl sites for hydroxylation is 1. The topological polar surface area (TPSA) is 12.0 Å². The van der Waals surface area contributed by atoms with Crippen LogP contribution in [0.2, 0.25) is 0 Å². The maximum atomic E-state index is 13.2. The molecule has 0 bridgehead atoms. The molecule has 0 aliphatic heterocycles. The average Bonchev–Trinajstić information content (AvgIpc) is 2.36. The van der Waals surface area contributed by atoms with Crippen molar-refractivity contribution in [1.29, 1.82) is 0 Å². The van der Waals surface area contributed by atoms with Crippen LogP contribution >= 0.6 is 0 Å². The summed E-state index contributed by atoms with van der Waals surface area (Å²) in [5, 5.41) is 3.45. The molecule has 0 aliphatic carbocycles. The molecular weight excluding hydrogens is 225 g/mol. The molecule has 1 atom stereocenters. The second-order valence-electron chi connectivity index (χ2n) is 4.53. The van der Waals surface area contributed by atoms with Crippen LogP contribution in [-0.2, 0) is 0 Å². The molecule has 2 aromatic rings. The molecule has 1 unspecified atom stereocenters. The molecule has 0 amide bonds. The molecule has 0 radical (unpaired) electrons.